The lowest BCUT2D eigenvalue weighted by Gasteiger charge is -2.31. The van der Waals surface area contributed by atoms with Gasteiger partial charge in [0.1, 0.15) is 4.21 Å². The molecule has 2 aliphatic rings. The predicted octanol–water partition coefficient (Wildman–Crippen LogP) is 1.74. The molecule has 0 saturated carbocycles. The Balaban J connectivity index is 1.71. The normalized spacial score (nSPS) is 22.3. The summed E-state index contributed by atoms with van der Waals surface area (Å²) in [5.74, 6) is 0. The number of thiophene rings is 1. The van der Waals surface area contributed by atoms with Crippen LogP contribution >= 0.6 is 11.3 Å². The number of hydrogen-bond acceptors (Lipinski definition) is 5. The number of rotatable bonds is 5. The van der Waals surface area contributed by atoms with E-state index in [1.54, 1.807) is 10.4 Å². The van der Waals surface area contributed by atoms with E-state index in [9.17, 15) is 16.8 Å². The maximum atomic E-state index is 12.9. The minimum absolute atomic E-state index is 0.203. The van der Waals surface area contributed by atoms with Gasteiger partial charge in [0, 0.05) is 44.1 Å². The summed E-state index contributed by atoms with van der Waals surface area (Å²) in [6.45, 7) is 4.27. The maximum absolute atomic E-state index is 12.9. The largest absolute Gasteiger partial charge is 0.282 e. The molecule has 7 nitrogen and oxygen atoms in total. The predicted molar refractivity (Wildman–Crippen MR) is 103 cm³/mol. The van der Waals surface area contributed by atoms with Crippen LogP contribution in [0.5, 0.6) is 0 Å². The summed E-state index contributed by atoms with van der Waals surface area (Å²) in [6, 6.07) is 3.51. The molecule has 0 aliphatic carbocycles. The summed E-state index contributed by atoms with van der Waals surface area (Å²) in [4.78, 5) is 1.03. The Hall–Kier alpha value is -0.520. The van der Waals surface area contributed by atoms with Crippen LogP contribution in [0.3, 0.4) is 0 Å². The first-order valence-electron chi connectivity index (χ1n) is 9.20. The van der Waals surface area contributed by atoms with Gasteiger partial charge < -0.3 is 0 Å². The molecule has 0 aromatic carbocycles. The Morgan fingerprint density at radius 2 is 1.38 bits per heavy atom. The van der Waals surface area contributed by atoms with E-state index < -0.39 is 20.2 Å². The van der Waals surface area contributed by atoms with E-state index in [0.717, 1.165) is 30.6 Å². The average Bonchev–Trinajstić information content (AvgIpc) is 2.99. The van der Waals surface area contributed by atoms with Gasteiger partial charge in [0.25, 0.3) is 20.2 Å². The topological polar surface area (TPSA) is 78.0 Å². The van der Waals surface area contributed by atoms with Gasteiger partial charge in [0.15, 0.2) is 0 Å². The lowest BCUT2D eigenvalue weighted by Crippen LogP contribution is -2.47. The van der Waals surface area contributed by atoms with Gasteiger partial charge in [0.05, 0.1) is 0 Å². The summed E-state index contributed by atoms with van der Waals surface area (Å²) in [5, 5.41) is 0. The second kappa shape index (κ2) is 8.24. The Bertz CT molecular complexity index is 814. The summed E-state index contributed by atoms with van der Waals surface area (Å²) >= 11 is 1.30. The smallest absolute Gasteiger partial charge is 0.206 e. The third-order valence-electron chi connectivity index (χ3n) is 4.96. The summed E-state index contributed by atoms with van der Waals surface area (Å²) in [7, 11) is -7.05. The minimum Gasteiger partial charge on any atom is -0.206 e. The molecule has 3 heterocycles. The standard InChI is InChI=1S/C16H27N3O4S3/c1-2-15-7-8-16(24-15)25(20,21)17-11-6-12-19(14-13-17)26(22,23)18-9-4-3-5-10-18/h7-8H,2-6,9-14H2,1H3. The number of hydrogen-bond donors (Lipinski definition) is 0. The molecule has 10 heteroatoms. The van der Waals surface area contributed by atoms with Crippen molar-refractivity contribution in [2.24, 2.45) is 0 Å². The second-order valence-corrected chi connectivity index (χ2v) is 12.0. The highest BCUT2D eigenvalue weighted by atomic mass is 32.2. The number of aryl methyl sites for hydroxylation is 1. The molecular weight excluding hydrogens is 394 g/mol. The summed E-state index contributed by atoms with van der Waals surface area (Å²) in [5.41, 5.74) is 0. The van der Waals surface area contributed by atoms with E-state index in [-0.39, 0.29) is 13.1 Å². The molecule has 3 rings (SSSR count). The van der Waals surface area contributed by atoms with E-state index in [1.165, 1.54) is 19.9 Å². The Morgan fingerprint density at radius 3 is 2.04 bits per heavy atom. The number of piperidine rings is 1. The van der Waals surface area contributed by atoms with Gasteiger partial charge in [-0.1, -0.05) is 13.3 Å². The van der Waals surface area contributed by atoms with E-state index in [1.807, 2.05) is 13.0 Å². The van der Waals surface area contributed by atoms with Crippen LogP contribution in [0.25, 0.3) is 0 Å². The van der Waals surface area contributed by atoms with Crippen LogP contribution in [0.2, 0.25) is 0 Å². The van der Waals surface area contributed by atoms with Gasteiger partial charge in [-0.15, -0.1) is 11.3 Å². The van der Waals surface area contributed by atoms with Crippen molar-refractivity contribution in [3.8, 4) is 0 Å². The van der Waals surface area contributed by atoms with Crippen molar-refractivity contribution in [3.05, 3.63) is 17.0 Å². The molecule has 0 unspecified atom stereocenters. The molecule has 2 saturated heterocycles. The van der Waals surface area contributed by atoms with Crippen molar-refractivity contribution in [1.82, 2.24) is 12.9 Å². The van der Waals surface area contributed by atoms with E-state index in [4.69, 9.17) is 0 Å². The molecule has 26 heavy (non-hydrogen) atoms. The van der Waals surface area contributed by atoms with Crippen LogP contribution in [0, 0.1) is 0 Å². The zero-order valence-corrected chi connectivity index (χ0v) is 17.6. The van der Waals surface area contributed by atoms with Crippen molar-refractivity contribution in [1.29, 1.82) is 0 Å². The van der Waals surface area contributed by atoms with Crippen molar-refractivity contribution in [2.45, 2.75) is 43.2 Å². The quantitative estimate of drug-likeness (QED) is 0.725. The third-order valence-corrected chi connectivity index (χ3v) is 10.6. The highest BCUT2D eigenvalue weighted by molar-refractivity contribution is 7.91. The van der Waals surface area contributed by atoms with Crippen LogP contribution < -0.4 is 0 Å². The molecule has 148 valence electrons. The van der Waals surface area contributed by atoms with Gasteiger partial charge in [-0.3, -0.25) is 0 Å². The molecule has 2 aliphatic heterocycles. The van der Waals surface area contributed by atoms with Gasteiger partial charge in [0.2, 0.25) is 0 Å². The molecule has 0 bridgehead atoms. The second-order valence-electron chi connectivity index (χ2n) is 6.70. The van der Waals surface area contributed by atoms with Crippen molar-refractivity contribution in [2.75, 3.05) is 39.3 Å². The first kappa shape index (κ1) is 20.2. The Morgan fingerprint density at radius 1 is 0.808 bits per heavy atom. The van der Waals surface area contributed by atoms with Gasteiger partial charge >= 0.3 is 0 Å². The fourth-order valence-corrected chi connectivity index (χ4v) is 8.05. The molecular formula is C16H27N3O4S3. The van der Waals surface area contributed by atoms with Crippen LogP contribution in [0.15, 0.2) is 16.3 Å². The first-order valence-corrected chi connectivity index (χ1v) is 12.8. The van der Waals surface area contributed by atoms with Crippen LogP contribution in [0.4, 0.5) is 0 Å². The molecule has 0 radical (unpaired) electrons. The lowest BCUT2D eigenvalue weighted by molar-refractivity contribution is 0.305. The number of sulfonamides is 1. The van der Waals surface area contributed by atoms with Gasteiger partial charge in [-0.25, -0.2) is 8.42 Å². The zero-order valence-electron chi connectivity index (χ0n) is 15.1. The molecule has 0 amide bonds. The average molecular weight is 422 g/mol. The van der Waals surface area contributed by atoms with Crippen LogP contribution in [-0.2, 0) is 26.7 Å². The van der Waals surface area contributed by atoms with Crippen LogP contribution in [-0.4, -0.2) is 69.0 Å². The minimum atomic E-state index is -3.55. The highest BCUT2D eigenvalue weighted by Crippen LogP contribution is 2.27. The van der Waals surface area contributed by atoms with E-state index >= 15 is 0 Å². The third kappa shape index (κ3) is 4.15. The van der Waals surface area contributed by atoms with Crippen LogP contribution in [0.1, 0.15) is 37.5 Å². The van der Waals surface area contributed by atoms with Crippen molar-refractivity contribution < 1.29 is 16.8 Å². The van der Waals surface area contributed by atoms with Gasteiger partial charge in [-0.2, -0.15) is 21.3 Å². The molecule has 1 aromatic rings. The fourth-order valence-electron chi connectivity index (χ4n) is 3.41. The van der Waals surface area contributed by atoms with Gasteiger partial charge in [-0.05, 0) is 37.8 Å². The lowest BCUT2D eigenvalue weighted by atomic mass is 10.2. The van der Waals surface area contributed by atoms with Crippen molar-refractivity contribution >= 4 is 31.6 Å². The first-order chi connectivity index (χ1) is 12.4. The molecule has 2 fully saturated rings. The maximum Gasteiger partial charge on any atom is 0.282 e. The van der Waals surface area contributed by atoms with E-state index in [2.05, 4.69) is 0 Å². The Kier molecular flexibility index (Phi) is 6.41. The molecule has 0 spiro atoms. The van der Waals surface area contributed by atoms with Crippen molar-refractivity contribution in [3.63, 3.8) is 0 Å². The van der Waals surface area contributed by atoms with E-state index in [0.29, 0.717) is 36.8 Å². The summed E-state index contributed by atoms with van der Waals surface area (Å²) < 4.78 is 56.3. The SMILES string of the molecule is CCc1ccc(S(=O)(=O)N2CCCN(S(=O)(=O)N3CCCCC3)CC2)s1. The number of nitrogens with zero attached hydrogens (tertiary/aromatic N) is 3. The monoisotopic (exact) mass is 421 g/mol. The zero-order chi connectivity index (χ0) is 18.8. The fraction of sp³-hybridized carbons (Fsp3) is 0.750. The molecule has 1 aromatic heterocycles. The summed E-state index contributed by atoms with van der Waals surface area (Å²) in [6.07, 6.45) is 4.18. The highest BCUT2D eigenvalue weighted by Gasteiger charge is 2.34. The Labute approximate surface area is 160 Å². The molecule has 0 atom stereocenters. The molecule has 0 N–H and O–H groups in total.